The second-order valence-electron chi connectivity index (χ2n) is 5.79. The molecule has 1 aromatic rings. The number of rotatable bonds is 5. The zero-order chi connectivity index (χ0) is 13.9. The molecule has 1 aromatic heterocycles. The standard InChI is InChI=1S/C15H27N3/c1-9(2)14(12(6)16-7)13-8-11(5)17-15(18-13)10(3)4/h8-10,12,14,16H,1-7H3. The Morgan fingerprint density at radius 2 is 1.67 bits per heavy atom. The average molecular weight is 249 g/mol. The van der Waals surface area contributed by atoms with Gasteiger partial charge in [0.2, 0.25) is 0 Å². The highest BCUT2D eigenvalue weighted by Gasteiger charge is 2.24. The Kier molecular flexibility index (Phi) is 5.27. The summed E-state index contributed by atoms with van der Waals surface area (Å²) in [4.78, 5) is 9.30. The molecule has 1 rings (SSSR count). The predicted octanol–water partition coefficient (Wildman–Crippen LogP) is 3.26. The Morgan fingerprint density at radius 3 is 2.11 bits per heavy atom. The summed E-state index contributed by atoms with van der Waals surface area (Å²) in [5.41, 5.74) is 2.24. The van der Waals surface area contributed by atoms with Gasteiger partial charge in [0.05, 0.1) is 0 Å². The second-order valence-corrected chi connectivity index (χ2v) is 5.79. The predicted molar refractivity (Wildman–Crippen MR) is 77.0 cm³/mol. The number of hydrogen-bond acceptors (Lipinski definition) is 3. The Morgan fingerprint density at radius 1 is 1.06 bits per heavy atom. The first-order valence-corrected chi connectivity index (χ1v) is 6.89. The lowest BCUT2D eigenvalue weighted by Crippen LogP contribution is -2.32. The van der Waals surface area contributed by atoms with Gasteiger partial charge in [-0.2, -0.15) is 0 Å². The molecular formula is C15H27N3. The zero-order valence-electron chi connectivity index (χ0n) is 12.8. The maximum Gasteiger partial charge on any atom is 0.131 e. The average Bonchev–Trinajstić information content (AvgIpc) is 2.27. The Bertz CT molecular complexity index is 385. The molecule has 0 spiro atoms. The maximum atomic E-state index is 4.77. The highest BCUT2D eigenvalue weighted by atomic mass is 14.9. The van der Waals surface area contributed by atoms with Crippen LogP contribution in [-0.2, 0) is 0 Å². The van der Waals surface area contributed by atoms with Gasteiger partial charge in [0.25, 0.3) is 0 Å². The summed E-state index contributed by atoms with van der Waals surface area (Å²) in [6.45, 7) is 13.1. The molecule has 3 nitrogen and oxygen atoms in total. The molecule has 0 aliphatic carbocycles. The van der Waals surface area contributed by atoms with Crippen LogP contribution in [0.4, 0.5) is 0 Å². The van der Waals surface area contributed by atoms with Crippen LogP contribution < -0.4 is 5.32 Å². The molecule has 0 fully saturated rings. The molecule has 3 heteroatoms. The van der Waals surface area contributed by atoms with Gasteiger partial charge in [-0.3, -0.25) is 0 Å². The van der Waals surface area contributed by atoms with Crippen LogP contribution in [-0.4, -0.2) is 23.1 Å². The third kappa shape index (κ3) is 3.52. The Hall–Kier alpha value is -0.960. The minimum atomic E-state index is 0.376. The van der Waals surface area contributed by atoms with Crippen molar-refractivity contribution in [2.24, 2.45) is 5.92 Å². The summed E-state index contributed by atoms with van der Waals surface area (Å²) in [6, 6.07) is 2.55. The molecule has 0 amide bonds. The van der Waals surface area contributed by atoms with Crippen LogP contribution >= 0.6 is 0 Å². The molecule has 0 saturated heterocycles. The minimum absolute atomic E-state index is 0.376. The van der Waals surface area contributed by atoms with Crippen molar-refractivity contribution < 1.29 is 0 Å². The van der Waals surface area contributed by atoms with E-state index in [4.69, 9.17) is 4.98 Å². The van der Waals surface area contributed by atoms with Crippen LogP contribution in [0, 0.1) is 12.8 Å². The van der Waals surface area contributed by atoms with Gasteiger partial charge in [0.15, 0.2) is 0 Å². The Labute approximate surface area is 111 Å². The van der Waals surface area contributed by atoms with E-state index in [1.54, 1.807) is 0 Å². The Balaban J connectivity index is 3.19. The van der Waals surface area contributed by atoms with E-state index >= 15 is 0 Å². The van der Waals surface area contributed by atoms with Gasteiger partial charge in [-0.25, -0.2) is 9.97 Å². The quantitative estimate of drug-likeness (QED) is 0.870. The molecular weight excluding hydrogens is 222 g/mol. The fraction of sp³-hybridized carbons (Fsp3) is 0.733. The normalized spacial score (nSPS) is 15.2. The van der Waals surface area contributed by atoms with E-state index in [2.05, 4.69) is 57.9 Å². The number of hydrogen-bond donors (Lipinski definition) is 1. The van der Waals surface area contributed by atoms with Crippen LogP contribution in [0.5, 0.6) is 0 Å². The van der Waals surface area contributed by atoms with Gasteiger partial charge in [-0.1, -0.05) is 27.7 Å². The first kappa shape index (κ1) is 15.1. The molecule has 0 bridgehead atoms. The van der Waals surface area contributed by atoms with Crippen molar-refractivity contribution in [2.75, 3.05) is 7.05 Å². The van der Waals surface area contributed by atoms with E-state index in [-0.39, 0.29) is 0 Å². The smallest absolute Gasteiger partial charge is 0.131 e. The third-order valence-electron chi connectivity index (χ3n) is 3.46. The largest absolute Gasteiger partial charge is 0.317 e. The monoisotopic (exact) mass is 249 g/mol. The van der Waals surface area contributed by atoms with E-state index in [1.165, 1.54) is 5.69 Å². The summed E-state index contributed by atoms with van der Waals surface area (Å²) in [5, 5.41) is 3.35. The van der Waals surface area contributed by atoms with Gasteiger partial charge in [-0.05, 0) is 32.9 Å². The summed E-state index contributed by atoms with van der Waals surface area (Å²) in [6.07, 6.45) is 0. The van der Waals surface area contributed by atoms with Crippen molar-refractivity contribution in [2.45, 2.75) is 59.4 Å². The lowest BCUT2D eigenvalue weighted by Gasteiger charge is -2.27. The molecule has 2 unspecified atom stereocenters. The maximum absolute atomic E-state index is 4.77. The van der Waals surface area contributed by atoms with Crippen molar-refractivity contribution in [3.8, 4) is 0 Å². The molecule has 0 aliphatic rings. The summed E-state index contributed by atoms with van der Waals surface area (Å²) < 4.78 is 0. The lowest BCUT2D eigenvalue weighted by molar-refractivity contribution is 0.386. The number of aromatic nitrogens is 2. The van der Waals surface area contributed by atoms with Crippen molar-refractivity contribution >= 4 is 0 Å². The lowest BCUT2D eigenvalue weighted by atomic mass is 9.86. The highest BCUT2D eigenvalue weighted by Crippen LogP contribution is 2.27. The van der Waals surface area contributed by atoms with Gasteiger partial charge >= 0.3 is 0 Å². The van der Waals surface area contributed by atoms with Gasteiger partial charge < -0.3 is 5.32 Å². The first-order valence-electron chi connectivity index (χ1n) is 6.89. The van der Waals surface area contributed by atoms with Crippen molar-refractivity contribution in [3.63, 3.8) is 0 Å². The van der Waals surface area contributed by atoms with E-state index < -0.39 is 0 Å². The number of nitrogens with zero attached hydrogens (tertiary/aromatic N) is 2. The van der Waals surface area contributed by atoms with Crippen LogP contribution in [0.3, 0.4) is 0 Å². The third-order valence-corrected chi connectivity index (χ3v) is 3.46. The van der Waals surface area contributed by atoms with Crippen molar-refractivity contribution in [1.82, 2.24) is 15.3 Å². The van der Waals surface area contributed by atoms with E-state index in [0.717, 1.165) is 11.5 Å². The molecule has 1 heterocycles. The zero-order valence-corrected chi connectivity index (χ0v) is 12.8. The van der Waals surface area contributed by atoms with Gasteiger partial charge in [0.1, 0.15) is 5.82 Å². The summed E-state index contributed by atoms with van der Waals surface area (Å²) >= 11 is 0. The summed E-state index contributed by atoms with van der Waals surface area (Å²) in [7, 11) is 2.01. The molecule has 102 valence electrons. The second kappa shape index (κ2) is 6.28. The first-order chi connectivity index (χ1) is 8.36. The number of nitrogens with one attached hydrogen (secondary N) is 1. The van der Waals surface area contributed by atoms with Crippen molar-refractivity contribution in [1.29, 1.82) is 0 Å². The molecule has 0 aromatic carbocycles. The van der Waals surface area contributed by atoms with E-state index in [1.807, 2.05) is 7.05 Å². The van der Waals surface area contributed by atoms with Crippen LogP contribution in [0.2, 0.25) is 0 Å². The van der Waals surface area contributed by atoms with Crippen molar-refractivity contribution in [3.05, 3.63) is 23.3 Å². The van der Waals surface area contributed by atoms with E-state index in [0.29, 0.717) is 23.8 Å². The van der Waals surface area contributed by atoms with Crippen LogP contribution in [0.25, 0.3) is 0 Å². The number of aryl methyl sites for hydroxylation is 1. The van der Waals surface area contributed by atoms with E-state index in [9.17, 15) is 0 Å². The molecule has 0 radical (unpaired) electrons. The molecule has 0 saturated carbocycles. The molecule has 1 N–H and O–H groups in total. The topological polar surface area (TPSA) is 37.8 Å². The van der Waals surface area contributed by atoms with Crippen LogP contribution in [0.1, 0.15) is 63.7 Å². The minimum Gasteiger partial charge on any atom is -0.317 e. The number of likely N-dealkylation sites (N-methyl/N-ethyl adjacent to an activating group) is 1. The molecule has 0 aliphatic heterocycles. The van der Waals surface area contributed by atoms with Gasteiger partial charge in [-0.15, -0.1) is 0 Å². The summed E-state index contributed by atoms with van der Waals surface area (Å²) in [5.74, 6) is 2.32. The molecule has 18 heavy (non-hydrogen) atoms. The highest BCUT2D eigenvalue weighted by molar-refractivity contribution is 5.18. The SMILES string of the molecule is CNC(C)C(c1cc(C)nc(C(C)C)n1)C(C)C. The fourth-order valence-electron chi connectivity index (χ4n) is 2.40. The fourth-order valence-corrected chi connectivity index (χ4v) is 2.40. The molecule has 2 atom stereocenters. The van der Waals surface area contributed by atoms with Gasteiger partial charge in [0, 0.05) is 29.3 Å². The van der Waals surface area contributed by atoms with Crippen LogP contribution in [0.15, 0.2) is 6.07 Å².